The van der Waals surface area contributed by atoms with E-state index in [0.717, 1.165) is 12.0 Å². The lowest BCUT2D eigenvalue weighted by molar-refractivity contribution is 0.0319. The maximum absolute atomic E-state index is 13.1. The first-order valence-corrected chi connectivity index (χ1v) is 6.13. The Morgan fingerprint density at radius 2 is 2.00 bits per heavy atom. The summed E-state index contributed by atoms with van der Waals surface area (Å²) >= 11 is 0. The van der Waals surface area contributed by atoms with Crippen molar-refractivity contribution in [2.45, 2.75) is 39.3 Å². The third-order valence-corrected chi connectivity index (χ3v) is 2.65. The average Bonchev–Trinajstić information content (AvgIpc) is 2.23. The lowest BCUT2D eigenvalue weighted by atomic mass is 10.0. The smallest absolute Gasteiger partial charge is 0.123 e. The van der Waals surface area contributed by atoms with Gasteiger partial charge in [0, 0.05) is 12.6 Å². The molecule has 0 heterocycles. The Kier molecular flexibility index (Phi) is 5.59. The van der Waals surface area contributed by atoms with Gasteiger partial charge in [-0.05, 0) is 37.0 Å². The molecule has 0 saturated heterocycles. The molecule has 0 spiro atoms. The van der Waals surface area contributed by atoms with Gasteiger partial charge in [0.15, 0.2) is 0 Å². The van der Waals surface area contributed by atoms with Crippen LogP contribution >= 0.6 is 0 Å². The van der Waals surface area contributed by atoms with Crippen molar-refractivity contribution < 1.29 is 9.13 Å². The molecule has 96 valence electrons. The van der Waals surface area contributed by atoms with Crippen LogP contribution in [0.15, 0.2) is 24.3 Å². The van der Waals surface area contributed by atoms with E-state index in [1.165, 1.54) is 12.1 Å². The monoisotopic (exact) mass is 239 g/mol. The second-order valence-corrected chi connectivity index (χ2v) is 4.89. The van der Waals surface area contributed by atoms with Crippen LogP contribution in [0, 0.1) is 11.7 Å². The summed E-state index contributed by atoms with van der Waals surface area (Å²) in [4.78, 5) is 0. The van der Waals surface area contributed by atoms with Crippen molar-refractivity contribution in [3.63, 3.8) is 0 Å². The minimum atomic E-state index is -0.249. The summed E-state index contributed by atoms with van der Waals surface area (Å²) in [7, 11) is 0. The standard InChI is InChI=1S/C14H22FNO/c1-10(2)7-8-17-14(11(3)16)12-5-4-6-13(15)9-12/h4-6,9-11,14H,7-8,16H2,1-3H3. The van der Waals surface area contributed by atoms with Crippen molar-refractivity contribution in [2.24, 2.45) is 11.7 Å². The van der Waals surface area contributed by atoms with Gasteiger partial charge >= 0.3 is 0 Å². The van der Waals surface area contributed by atoms with Crippen molar-refractivity contribution >= 4 is 0 Å². The van der Waals surface area contributed by atoms with Gasteiger partial charge in [0.05, 0.1) is 6.10 Å². The van der Waals surface area contributed by atoms with E-state index in [4.69, 9.17) is 10.5 Å². The molecule has 2 nitrogen and oxygen atoms in total. The number of nitrogens with two attached hydrogens (primary N) is 1. The minimum absolute atomic E-state index is 0.149. The van der Waals surface area contributed by atoms with Crippen LogP contribution < -0.4 is 5.73 Å². The highest BCUT2D eigenvalue weighted by Crippen LogP contribution is 2.21. The maximum Gasteiger partial charge on any atom is 0.123 e. The molecule has 0 aliphatic carbocycles. The van der Waals surface area contributed by atoms with Crippen LogP contribution in [0.5, 0.6) is 0 Å². The van der Waals surface area contributed by atoms with E-state index in [1.54, 1.807) is 6.07 Å². The molecule has 0 fully saturated rings. The lowest BCUT2D eigenvalue weighted by Gasteiger charge is -2.22. The number of rotatable bonds is 6. The molecule has 0 aliphatic heterocycles. The fourth-order valence-corrected chi connectivity index (χ4v) is 1.67. The van der Waals surface area contributed by atoms with Crippen LogP contribution in [0.4, 0.5) is 4.39 Å². The SMILES string of the molecule is CC(C)CCOC(c1cccc(F)c1)C(C)N. The average molecular weight is 239 g/mol. The van der Waals surface area contributed by atoms with Crippen LogP contribution in [0.25, 0.3) is 0 Å². The van der Waals surface area contributed by atoms with Gasteiger partial charge in [-0.25, -0.2) is 4.39 Å². The highest BCUT2D eigenvalue weighted by Gasteiger charge is 2.17. The Labute approximate surface area is 103 Å². The lowest BCUT2D eigenvalue weighted by Crippen LogP contribution is -2.27. The normalized spacial score (nSPS) is 14.9. The molecule has 3 heteroatoms. The van der Waals surface area contributed by atoms with E-state index in [2.05, 4.69) is 13.8 Å². The molecule has 0 saturated carbocycles. The van der Waals surface area contributed by atoms with Gasteiger partial charge in [-0.15, -0.1) is 0 Å². The zero-order valence-electron chi connectivity index (χ0n) is 10.8. The molecule has 2 atom stereocenters. The predicted octanol–water partition coefficient (Wildman–Crippen LogP) is 3.28. The van der Waals surface area contributed by atoms with Crippen molar-refractivity contribution in [1.82, 2.24) is 0 Å². The van der Waals surface area contributed by atoms with Gasteiger partial charge in [0.1, 0.15) is 5.82 Å². The number of benzene rings is 1. The highest BCUT2D eigenvalue weighted by atomic mass is 19.1. The zero-order valence-corrected chi connectivity index (χ0v) is 10.8. The first-order chi connectivity index (χ1) is 8.00. The molecular formula is C14H22FNO. The van der Waals surface area contributed by atoms with Crippen LogP contribution in [-0.4, -0.2) is 12.6 Å². The van der Waals surface area contributed by atoms with E-state index >= 15 is 0 Å². The molecule has 1 aromatic carbocycles. The Morgan fingerprint density at radius 1 is 1.29 bits per heavy atom. The zero-order chi connectivity index (χ0) is 12.8. The van der Waals surface area contributed by atoms with E-state index < -0.39 is 0 Å². The molecule has 0 bridgehead atoms. The molecule has 0 aliphatic rings. The first-order valence-electron chi connectivity index (χ1n) is 6.13. The molecule has 0 radical (unpaired) electrons. The summed E-state index contributed by atoms with van der Waals surface area (Å²) in [5.41, 5.74) is 6.70. The number of hydrogen-bond acceptors (Lipinski definition) is 2. The summed E-state index contributed by atoms with van der Waals surface area (Å²) in [6.45, 7) is 6.82. The van der Waals surface area contributed by atoms with Crippen LogP contribution in [0.3, 0.4) is 0 Å². The van der Waals surface area contributed by atoms with E-state index in [1.807, 2.05) is 13.0 Å². The number of hydrogen-bond donors (Lipinski definition) is 1. The Balaban J connectivity index is 2.66. The Hall–Kier alpha value is -0.930. The van der Waals surface area contributed by atoms with Crippen molar-refractivity contribution in [1.29, 1.82) is 0 Å². The van der Waals surface area contributed by atoms with E-state index in [0.29, 0.717) is 12.5 Å². The van der Waals surface area contributed by atoms with E-state index in [9.17, 15) is 4.39 Å². The van der Waals surface area contributed by atoms with Gasteiger partial charge in [-0.2, -0.15) is 0 Å². The largest absolute Gasteiger partial charge is 0.372 e. The van der Waals surface area contributed by atoms with Gasteiger partial charge in [0.2, 0.25) is 0 Å². The number of ether oxygens (including phenoxy) is 1. The van der Waals surface area contributed by atoms with Crippen molar-refractivity contribution in [3.8, 4) is 0 Å². The molecule has 2 N–H and O–H groups in total. The van der Waals surface area contributed by atoms with Crippen LogP contribution in [0.1, 0.15) is 38.9 Å². The molecule has 0 amide bonds. The van der Waals surface area contributed by atoms with Crippen LogP contribution in [-0.2, 0) is 4.74 Å². The predicted molar refractivity (Wildman–Crippen MR) is 68.2 cm³/mol. The van der Waals surface area contributed by atoms with Crippen molar-refractivity contribution in [2.75, 3.05) is 6.61 Å². The summed E-state index contributed by atoms with van der Waals surface area (Å²) in [5, 5.41) is 0. The molecule has 1 rings (SSSR count). The molecule has 0 aromatic heterocycles. The third-order valence-electron chi connectivity index (χ3n) is 2.65. The van der Waals surface area contributed by atoms with Gasteiger partial charge in [-0.3, -0.25) is 0 Å². The van der Waals surface area contributed by atoms with Gasteiger partial charge < -0.3 is 10.5 Å². The van der Waals surface area contributed by atoms with Crippen molar-refractivity contribution in [3.05, 3.63) is 35.6 Å². The van der Waals surface area contributed by atoms with E-state index in [-0.39, 0.29) is 18.0 Å². The summed E-state index contributed by atoms with van der Waals surface area (Å²) in [5.74, 6) is 0.344. The third kappa shape index (κ3) is 4.84. The van der Waals surface area contributed by atoms with Gasteiger partial charge in [0.25, 0.3) is 0 Å². The summed E-state index contributed by atoms with van der Waals surface area (Å²) < 4.78 is 18.9. The van der Waals surface area contributed by atoms with Gasteiger partial charge in [-0.1, -0.05) is 26.0 Å². The summed E-state index contributed by atoms with van der Waals surface area (Å²) in [6, 6.07) is 6.31. The fraction of sp³-hybridized carbons (Fsp3) is 0.571. The first kappa shape index (κ1) is 14.1. The highest BCUT2D eigenvalue weighted by molar-refractivity contribution is 5.20. The number of halogens is 1. The topological polar surface area (TPSA) is 35.2 Å². The molecule has 2 unspecified atom stereocenters. The second kappa shape index (κ2) is 6.72. The van der Waals surface area contributed by atoms with Crippen LogP contribution in [0.2, 0.25) is 0 Å². The second-order valence-electron chi connectivity index (χ2n) is 4.89. The maximum atomic E-state index is 13.1. The Morgan fingerprint density at radius 3 is 2.53 bits per heavy atom. The fourth-order valence-electron chi connectivity index (χ4n) is 1.67. The molecule has 1 aromatic rings. The quantitative estimate of drug-likeness (QED) is 0.826. The molecular weight excluding hydrogens is 217 g/mol. The summed E-state index contributed by atoms with van der Waals surface area (Å²) in [6.07, 6.45) is 0.753. The minimum Gasteiger partial charge on any atom is -0.372 e. The Bertz CT molecular complexity index is 339. The molecule has 17 heavy (non-hydrogen) atoms.